The maximum absolute atomic E-state index is 16.1. The zero-order valence-electron chi connectivity index (χ0n) is 22.1. The number of aliphatic hydroxyl groups is 2. The summed E-state index contributed by atoms with van der Waals surface area (Å²) in [5, 5.41) is 24.3. The molecule has 2 aliphatic rings. The second-order valence-corrected chi connectivity index (χ2v) is 11.4. The average Bonchev–Trinajstić information content (AvgIpc) is 2.87. The van der Waals surface area contributed by atoms with Crippen molar-refractivity contribution in [2.75, 3.05) is 18.8 Å². The van der Waals surface area contributed by atoms with Crippen LogP contribution < -0.4 is 11.1 Å². The third-order valence-electron chi connectivity index (χ3n) is 8.25. The van der Waals surface area contributed by atoms with Crippen molar-refractivity contribution in [3.05, 3.63) is 64.7 Å². The van der Waals surface area contributed by atoms with Gasteiger partial charge in [-0.3, -0.25) is 14.7 Å². The Balaban J connectivity index is 1.40. The predicted molar refractivity (Wildman–Crippen MR) is 139 cm³/mol. The molecule has 0 radical (unpaired) electrons. The Morgan fingerprint density at radius 1 is 1.20 bits per heavy atom. The average molecular weight is 562 g/mol. The number of carbonyl (C=O) groups excluding carboxylic acids is 1. The Morgan fingerprint density at radius 3 is 2.60 bits per heavy atom. The normalized spacial score (nSPS) is 25.6. The zero-order chi connectivity index (χ0) is 29.0. The van der Waals surface area contributed by atoms with Gasteiger partial charge in [-0.15, -0.1) is 0 Å². The number of hydrogen-bond acceptors (Lipinski definition) is 7. The molecule has 2 aliphatic heterocycles. The van der Waals surface area contributed by atoms with E-state index in [9.17, 15) is 28.2 Å². The number of fused-ring (bicyclic) bond motifs is 1. The Kier molecular flexibility index (Phi) is 7.00. The highest BCUT2D eigenvalue weighted by Crippen LogP contribution is 2.48. The summed E-state index contributed by atoms with van der Waals surface area (Å²) in [7, 11) is 0. The maximum Gasteiger partial charge on any atom is 0.433 e. The number of benzene rings is 1. The van der Waals surface area contributed by atoms with Crippen LogP contribution in [0, 0.1) is 11.2 Å². The Morgan fingerprint density at radius 2 is 1.95 bits per heavy atom. The first-order valence-corrected chi connectivity index (χ1v) is 13.0. The number of pyridine rings is 2. The zero-order valence-corrected chi connectivity index (χ0v) is 22.1. The third-order valence-corrected chi connectivity index (χ3v) is 8.25. The maximum atomic E-state index is 16.1. The molecule has 3 aromatic rings. The first kappa shape index (κ1) is 28.2. The molecule has 1 amide bonds. The fraction of sp³-hybridized carbons (Fsp3) is 0.464. The number of anilines is 1. The molecule has 0 bridgehead atoms. The number of nitrogens with one attached hydrogen (secondary N) is 1. The van der Waals surface area contributed by atoms with Crippen LogP contribution in [0.25, 0.3) is 10.9 Å². The van der Waals surface area contributed by atoms with Crippen molar-refractivity contribution in [1.29, 1.82) is 0 Å². The molecular formula is C28H31F4N5O3. The number of carbonyl (C=O) groups is 1. The van der Waals surface area contributed by atoms with Gasteiger partial charge in [0.15, 0.2) is 0 Å². The van der Waals surface area contributed by atoms with Crippen LogP contribution >= 0.6 is 0 Å². The molecule has 40 heavy (non-hydrogen) atoms. The number of alkyl halides is 3. The van der Waals surface area contributed by atoms with Crippen molar-refractivity contribution in [2.24, 2.45) is 5.41 Å². The van der Waals surface area contributed by atoms with E-state index in [0.717, 1.165) is 6.07 Å². The van der Waals surface area contributed by atoms with Crippen molar-refractivity contribution in [3.63, 3.8) is 0 Å². The molecule has 0 spiro atoms. The number of nitrogen functional groups attached to an aromatic ring is 1. The summed E-state index contributed by atoms with van der Waals surface area (Å²) in [6.07, 6.45) is -3.05. The van der Waals surface area contributed by atoms with Crippen molar-refractivity contribution >= 4 is 22.6 Å². The molecule has 3 atom stereocenters. The highest BCUT2D eigenvalue weighted by atomic mass is 19.4. The number of aliphatic hydroxyl groups excluding tert-OH is 1. The van der Waals surface area contributed by atoms with Gasteiger partial charge in [-0.2, -0.15) is 13.2 Å². The first-order chi connectivity index (χ1) is 18.7. The van der Waals surface area contributed by atoms with Crippen LogP contribution in [0.4, 0.5) is 23.4 Å². The Bertz CT molecular complexity index is 1460. The molecule has 214 valence electrons. The summed E-state index contributed by atoms with van der Waals surface area (Å²) in [5.74, 6) is -1.76. The van der Waals surface area contributed by atoms with Gasteiger partial charge >= 0.3 is 6.18 Å². The summed E-state index contributed by atoms with van der Waals surface area (Å²) < 4.78 is 55.0. The quantitative estimate of drug-likeness (QED) is 0.357. The lowest BCUT2D eigenvalue weighted by Gasteiger charge is -2.50. The van der Waals surface area contributed by atoms with Gasteiger partial charge in [-0.05, 0) is 43.0 Å². The Hall–Kier alpha value is -3.35. The largest absolute Gasteiger partial charge is 0.433 e. The van der Waals surface area contributed by atoms with E-state index in [-0.39, 0.29) is 35.6 Å². The van der Waals surface area contributed by atoms with Crippen molar-refractivity contribution in [1.82, 2.24) is 20.2 Å². The predicted octanol–water partition coefficient (Wildman–Crippen LogP) is 3.80. The van der Waals surface area contributed by atoms with Crippen LogP contribution in [-0.2, 0) is 23.1 Å². The third kappa shape index (κ3) is 4.99. The molecule has 1 aromatic carbocycles. The number of likely N-dealkylation sites (tertiary alicyclic amines) is 1. The van der Waals surface area contributed by atoms with Crippen molar-refractivity contribution in [2.45, 2.75) is 63.6 Å². The molecule has 4 heterocycles. The van der Waals surface area contributed by atoms with E-state index in [2.05, 4.69) is 15.3 Å². The van der Waals surface area contributed by atoms with Crippen LogP contribution in [0.5, 0.6) is 0 Å². The standard InChI is InChI=1S/C28H31F4N5O3/c1-26(2)14-37(13-15-3-7-21(28(30,31)32)35-24(15)33)10-9-27(26,40)19-5-6-20-18(23(19)29)11-16(12-34-20)17-4-8-22(38)36-25(17)39/h3,5-7,11-12,17,22,38,40H,4,8-10,13-14H2,1-2H3,(H2,33,35)(H,36,39)/t17?,22?,27-/m0/s1. The summed E-state index contributed by atoms with van der Waals surface area (Å²) in [6, 6.07) is 6.94. The summed E-state index contributed by atoms with van der Waals surface area (Å²) in [5.41, 5.74) is 3.79. The second kappa shape index (κ2) is 9.93. The minimum absolute atomic E-state index is 0.114. The topological polar surface area (TPSA) is 125 Å². The van der Waals surface area contributed by atoms with Crippen LogP contribution in [0.2, 0.25) is 0 Å². The van der Waals surface area contributed by atoms with E-state index in [1.54, 1.807) is 12.1 Å². The van der Waals surface area contributed by atoms with Gasteiger partial charge in [0.25, 0.3) is 0 Å². The van der Waals surface area contributed by atoms with E-state index in [1.807, 2.05) is 18.7 Å². The van der Waals surface area contributed by atoms with Crippen molar-refractivity contribution in [3.8, 4) is 0 Å². The van der Waals surface area contributed by atoms with Crippen LogP contribution in [0.1, 0.15) is 61.4 Å². The molecule has 5 rings (SSSR count). The van der Waals surface area contributed by atoms with Gasteiger partial charge in [0.2, 0.25) is 5.91 Å². The lowest BCUT2D eigenvalue weighted by molar-refractivity contribution is -0.141. The van der Waals surface area contributed by atoms with E-state index >= 15 is 4.39 Å². The first-order valence-electron chi connectivity index (χ1n) is 13.0. The lowest BCUT2D eigenvalue weighted by Crippen LogP contribution is -2.55. The number of rotatable bonds is 4. The molecular weight excluding hydrogens is 530 g/mol. The highest BCUT2D eigenvalue weighted by molar-refractivity contribution is 5.87. The summed E-state index contributed by atoms with van der Waals surface area (Å²) >= 11 is 0. The van der Waals surface area contributed by atoms with Gasteiger partial charge in [-0.1, -0.05) is 26.0 Å². The smallest absolute Gasteiger partial charge is 0.384 e. The van der Waals surface area contributed by atoms with E-state index in [0.29, 0.717) is 42.6 Å². The van der Waals surface area contributed by atoms with E-state index < -0.39 is 40.8 Å². The SMILES string of the molecule is CC1(C)CN(Cc2ccc(C(F)(F)F)nc2N)CC[C@]1(O)c1ccc2ncc(C3CCC(O)NC3=O)cc2c1F. The molecule has 0 aliphatic carbocycles. The van der Waals surface area contributed by atoms with Gasteiger partial charge in [0.1, 0.15) is 23.6 Å². The fourth-order valence-electron chi connectivity index (χ4n) is 5.90. The van der Waals surface area contributed by atoms with E-state index in [1.165, 1.54) is 18.3 Å². The second-order valence-electron chi connectivity index (χ2n) is 11.4. The Labute approximate surface area is 228 Å². The van der Waals surface area contributed by atoms with Gasteiger partial charge in [0, 0.05) is 47.8 Å². The fourth-order valence-corrected chi connectivity index (χ4v) is 5.90. The molecule has 5 N–H and O–H groups in total. The molecule has 2 aromatic heterocycles. The molecule has 2 fully saturated rings. The number of hydrogen-bond donors (Lipinski definition) is 4. The number of aromatic nitrogens is 2. The van der Waals surface area contributed by atoms with Crippen LogP contribution in [-0.4, -0.2) is 50.3 Å². The van der Waals surface area contributed by atoms with Crippen molar-refractivity contribution < 1.29 is 32.6 Å². The van der Waals surface area contributed by atoms with Crippen LogP contribution in [0.15, 0.2) is 36.5 Å². The highest BCUT2D eigenvalue weighted by Gasteiger charge is 2.50. The van der Waals surface area contributed by atoms with E-state index in [4.69, 9.17) is 5.73 Å². The monoisotopic (exact) mass is 561 g/mol. The lowest BCUT2D eigenvalue weighted by atomic mass is 9.66. The number of nitrogens with zero attached hydrogens (tertiary/aromatic N) is 3. The minimum Gasteiger partial charge on any atom is -0.384 e. The minimum atomic E-state index is -4.60. The van der Waals surface area contributed by atoms with Gasteiger partial charge in [0.05, 0.1) is 17.0 Å². The molecule has 2 saturated heterocycles. The van der Waals surface area contributed by atoms with Crippen LogP contribution in [0.3, 0.4) is 0 Å². The summed E-state index contributed by atoms with van der Waals surface area (Å²) in [4.78, 5) is 22.2. The molecule has 8 nitrogen and oxygen atoms in total. The number of amides is 1. The summed E-state index contributed by atoms with van der Waals surface area (Å²) in [6.45, 7) is 4.49. The number of nitrogens with two attached hydrogens (primary N) is 1. The molecule has 12 heteroatoms. The van der Waals surface area contributed by atoms with Gasteiger partial charge < -0.3 is 21.3 Å². The number of halogens is 4. The molecule has 0 saturated carbocycles. The number of piperidine rings is 2. The molecule has 2 unspecified atom stereocenters. The van der Waals surface area contributed by atoms with Gasteiger partial charge in [-0.25, -0.2) is 9.37 Å².